The van der Waals surface area contributed by atoms with Gasteiger partial charge in [-0.05, 0) is 32.1 Å². The van der Waals surface area contributed by atoms with Crippen LogP contribution in [-0.2, 0) is 0 Å². The lowest BCUT2D eigenvalue weighted by Gasteiger charge is -2.06. The predicted octanol–water partition coefficient (Wildman–Crippen LogP) is 2.49. The summed E-state index contributed by atoms with van der Waals surface area (Å²) in [7, 11) is 0. The van der Waals surface area contributed by atoms with E-state index >= 15 is 0 Å². The van der Waals surface area contributed by atoms with E-state index in [4.69, 9.17) is 15.7 Å². The molecule has 0 saturated heterocycles. The highest BCUT2D eigenvalue weighted by Crippen LogP contribution is 2.20. The first-order valence-corrected chi connectivity index (χ1v) is 4.69. The highest BCUT2D eigenvalue weighted by atomic mass is 16.5. The van der Waals surface area contributed by atoms with E-state index < -0.39 is 0 Å². The molecule has 0 unspecified atom stereocenters. The average molecular weight is 202 g/mol. The van der Waals surface area contributed by atoms with Gasteiger partial charge in [0.1, 0.15) is 18.4 Å². The van der Waals surface area contributed by atoms with Crippen molar-refractivity contribution in [3.63, 3.8) is 0 Å². The highest BCUT2D eigenvalue weighted by molar-refractivity contribution is 5.52. The fraction of sp³-hybridized carbons (Fsp3) is 0.250. The monoisotopic (exact) mass is 202 g/mol. The lowest BCUT2D eigenvalue weighted by atomic mass is 10.2. The summed E-state index contributed by atoms with van der Waals surface area (Å²) in [5.74, 6) is 0.537. The molecule has 1 aromatic rings. The van der Waals surface area contributed by atoms with Crippen LogP contribution in [0.5, 0.6) is 5.75 Å². The van der Waals surface area contributed by atoms with E-state index in [9.17, 15) is 0 Å². The summed E-state index contributed by atoms with van der Waals surface area (Å²) in [5, 5.41) is 8.83. The number of nitrogens with two attached hydrogens (primary N) is 1. The third kappa shape index (κ3) is 3.35. The van der Waals surface area contributed by atoms with E-state index in [1.54, 1.807) is 18.2 Å². The molecule has 0 amide bonds. The summed E-state index contributed by atoms with van der Waals surface area (Å²) in [4.78, 5) is 0. The molecule has 3 heteroatoms. The average Bonchev–Trinajstić information content (AvgIpc) is 2.17. The number of benzene rings is 1. The van der Waals surface area contributed by atoms with E-state index in [0.29, 0.717) is 23.6 Å². The predicted molar refractivity (Wildman–Crippen MR) is 60.5 cm³/mol. The van der Waals surface area contributed by atoms with Crippen molar-refractivity contribution in [2.45, 2.75) is 13.8 Å². The maximum atomic E-state index is 8.83. The third-order valence-electron chi connectivity index (χ3n) is 1.86. The first-order valence-electron chi connectivity index (χ1n) is 4.69. The minimum Gasteiger partial charge on any atom is -0.488 e. The normalized spacial score (nSPS) is 9.13. The quantitative estimate of drug-likeness (QED) is 0.605. The van der Waals surface area contributed by atoms with Gasteiger partial charge in [-0.25, -0.2) is 0 Å². The van der Waals surface area contributed by atoms with Gasteiger partial charge in [0.05, 0.1) is 5.56 Å². The summed E-state index contributed by atoms with van der Waals surface area (Å²) < 4.78 is 5.44. The van der Waals surface area contributed by atoms with E-state index in [1.165, 1.54) is 5.57 Å². The molecule has 0 radical (unpaired) electrons. The molecule has 1 rings (SSSR count). The zero-order valence-electron chi connectivity index (χ0n) is 8.95. The molecular formula is C12H14N2O. The summed E-state index contributed by atoms with van der Waals surface area (Å²) >= 11 is 0. The molecule has 0 spiro atoms. The van der Waals surface area contributed by atoms with Crippen LogP contribution in [0.15, 0.2) is 29.8 Å². The van der Waals surface area contributed by atoms with E-state index in [0.717, 1.165) is 0 Å². The number of nitrogens with zero attached hydrogens (tertiary/aromatic N) is 1. The molecule has 1 aromatic carbocycles. The molecule has 0 aliphatic carbocycles. The topological polar surface area (TPSA) is 59.0 Å². The number of anilines is 1. The molecule has 3 nitrogen and oxygen atoms in total. The second-order valence-corrected chi connectivity index (χ2v) is 3.46. The van der Waals surface area contributed by atoms with E-state index in [1.807, 2.05) is 19.9 Å². The van der Waals surface area contributed by atoms with Crippen LogP contribution in [0.3, 0.4) is 0 Å². The van der Waals surface area contributed by atoms with Crippen molar-refractivity contribution in [2.75, 3.05) is 12.3 Å². The number of hydrogen-bond acceptors (Lipinski definition) is 3. The van der Waals surface area contributed by atoms with Crippen LogP contribution in [-0.4, -0.2) is 6.61 Å². The van der Waals surface area contributed by atoms with Gasteiger partial charge >= 0.3 is 0 Å². The van der Waals surface area contributed by atoms with Crippen molar-refractivity contribution in [2.24, 2.45) is 0 Å². The Morgan fingerprint density at radius 1 is 1.53 bits per heavy atom. The molecule has 0 aromatic heterocycles. The van der Waals surface area contributed by atoms with Crippen LogP contribution >= 0.6 is 0 Å². The molecule has 0 saturated carbocycles. The first-order chi connectivity index (χ1) is 7.13. The van der Waals surface area contributed by atoms with Crippen molar-refractivity contribution in [3.05, 3.63) is 35.4 Å². The van der Waals surface area contributed by atoms with Crippen molar-refractivity contribution >= 4 is 5.69 Å². The molecule has 0 fully saturated rings. The van der Waals surface area contributed by atoms with Crippen molar-refractivity contribution in [1.29, 1.82) is 5.26 Å². The Morgan fingerprint density at radius 2 is 2.27 bits per heavy atom. The minimum absolute atomic E-state index is 0.459. The SMILES string of the molecule is CC(C)=CCOc1cc(N)ccc1C#N. The smallest absolute Gasteiger partial charge is 0.139 e. The molecule has 0 bridgehead atoms. The van der Waals surface area contributed by atoms with Crippen LogP contribution < -0.4 is 10.5 Å². The van der Waals surface area contributed by atoms with Gasteiger partial charge in [-0.1, -0.05) is 5.57 Å². The molecule has 15 heavy (non-hydrogen) atoms. The Morgan fingerprint density at radius 3 is 2.87 bits per heavy atom. The number of nitriles is 1. The molecule has 0 atom stereocenters. The van der Waals surface area contributed by atoms with Gasteiger partial charge in [0.2, 0.25) is 0 Å². The molecule has 0 aliphatic rings. The number of rotatable bonds is 3. The van der Waals surface area contributed by atoms with Gasteiger partial charge in [-0.3, -0.25) is 0 Å². The number of hydrogen-bond donors (Lipinski definition) is 1. The maximum absolute atomic E-state index is 8.83. The standard InChI is InChI=1S/C12H14N2O/c1-9(2)5-6-15-12-7-11(14)4-3-10(12)8-13/h3-5,7H,6,14H2,1-2H3. The van der Waals surface area contributed by atoms with Crippen LogP contribution in [0.4, 0.5) is 5.69 Å². The first kappa shape index (κ1) is 11.1. The summed E-state index contributed by atoms with van der Waals surface area (Å²) in [6.45, 7) is 4.45. The Hall–Kier alpha value is -1.95. The summed E-state index contributed by atoms with van der Waals surface area (Å²) in [5.41, 5.74) is 7.89. The minimum atomic E-state index is 0.459. The van der Waals surface area contributed by atoms with Crippen molar-refractivity contribution in [3.8, 4) is 11.8 Å². The Labute approximate surface area is 89.8 Å². The second kappa shape index (κ2) is 5.06. The Balaban J connectivity index is 2.80. The van der Waals surface area contributed by atoms with Gasteiger partial charge in [0.15, 0.2) is 0 Å². The molecule has 0 aliphatic heterocycles. The fourth-order valence-electron chi connectivity index (χ4n) is 1.05. The summed E-state index contributed by atoms with van der Waals surface area (Å²) in [6, 6.07) is 7.07. The molecular weight excluding hydrogens is 188 g/mol. The zero-order chi connectivity index (χ0) is 11.3. The second-order valence-electron chi connectivity index (χ2n) is 3.46. The Bertz CT molecular complexity index is 412. The van der Waals surface area contributed by atoms with Crippen molar-refractivity contribution in [1.82, 2.24) is 0 Å². The number of ether oxygens (including phenoxy) is 1. The lowest BCUT2D eigenvalue weighted by Crippen LogP contribution is -1.97. The zero-order valence-corrected chi connectivity index (χ0v) is 8.95. The van der Waals surface area contributed by atoms with Crippen LogP contribution in [0.1, 0.15) is 19.4 Å². The van der Waals surface area contributed by atoms with Gasteiger partial charge in [0.25, 0.3) is 0 Å². The number of allylic oxidation sites excluding steroid dienone is 1. The van der Waals surface area contributed by atoms with Gasteiger partial charge < -0.3 is 10.5 Å². The van der Waals surface area contributed by atoms with Gasteiger partial charge in [-0.15, -0.1) is 0 Å². The Kier molecular flexibility index (Phi) is 3.75. The fourth-order valence-corrected chi connectivity index (χ4v) is 1.05. The molecule has 2 N–H and O–H groups in total. The highest BCUT2D eigenvalue weighted by Gasteiger charge is 2.02. The van der Waals surface area contributed by atoms with Crippen LogP contribution in [0.25, 0.3) is 0 Å². The van der Waals surface area contributed by atoms with Crippen LogP contribution in [0.2, 0.25) is 0 Å². The van der Waals surface area contributed by atoms with Gasteiger partial charge in [0, 0.05) is 11.8 Å². The largest absolute Gasteiger partial charge is 0.488 e. The van der Waals surface area contributed by atoms with Crippen LogP contribution in [0, 0.1) is 11.3 Å². The lowest BCUT2D eigenvalue weighted by molar-refractivity contribution is 0.361. The third-order valence-corrected chi connectivity index (χ3v) is 1.86. The maximum Gasteiger partial charge on any atom is 0.139 e. The molecule has 78 valence electrons. The van der Waals surface area contributed by atoms with Gasteiger partial charge in [-0.2, -0.15) is 5.26 Å². The van der Waals surface area contributed by atoms with E-state index in [2.05, 4.69) is 6.07 Å². The summed E-state index contributed by atoms with van der Waals surface area (Å²) in [6.07, 6.45) is 1.95. The number of nitrogen functional groups attached to an aromatic ring is 1. The molecule has 0 heterocycles. The van der Waals surface area contributed by atoms with Crippen molar-refractivity contribution < 1.29 is 4.74 Å². The van der Waals surface area contributed by atoms with E-state index in [-0.39, 0.29) is 0 Å².